The normalized spacial score (nSPS) is 9.95. The van der Waals surface area contributed by atoms with Gasteiger partial charge in [-0.05, 0) is 18.2 Å². The van der Waals surface area contributed by atoms with Crippen LogP contribution in [0.2, 0.25) is 0 Å². The fourth-order valence-electron chi connectivity index (χ4n) is 1.98. The molecule has 0 radical (unpaired) electrons. The van der Waals surface area contributed by atoms with Crippen molar-refractivity contribution in [2.45, 2.75) is 0 Å². The van der Waals surface area contributed by atoms with E-state index < -0.39 is 0 Å². The Hall–Kier alpha value is -2.56. The molecule has 0 aliphatic heterocycles. The van der Waals surface area contributed by atoms with Crippen LogP contribution in [-0.2, 0) is 0 Å². The van der Waals surface area contributed by atoms with Gasteiger partial charge in [0.15, 0.2) is 0 Å². The maximum atomic E-state index is 12.6. The number of para-hydroxylation sites is 2. The molecule has 1 heterocycles. The molecule has 0 atom stereocenters. The predicted octanol–water partition coefficient (Wildman–Crippen LogP) is 2.41. The van der Waals surface area contributed by atoms with Crippen molar-refractivity contribution in [2.24, 2.45) is 0 Å². The van der Waals surface area contributed by atoms with Gasteiger partial charge in [-0.2, -0.15) is 0 Å². The molecule has 5 nitrogen and oxygen atoms in total. The fraction of sp³-hybridized carbons (Fsp3) is 0.200. The van der Waals surface area contributed by atoms with Crippen LogP contribution in [-0.4, -0.2) is 32.1 Å². The molecule has 20 heavy (non-hydrogen) atoms. The number of hydrogen-bond donors (Lipinski definition) is 1. The molecule has 1 N–H and O–H groups in total. The van der Waals surface area contributed by atoms with Gasteiger partial charge in [0, 0.05) is 32.2 Å². The Morgan fingerprint density at radius 3 is 2.75 bits per heavy atom. The second-order valence-corrected chi connectivity index (χ2v) is 4.21. The van der Waals surface area contributed by atoms with E-state index in [0.717, 1.165) is 5.69 Å². The summed E-state index contributed by atoms with van der Waals surface area (Å²) in [6.07, 6.45) is 3.20. The van der Waals surface area contributed by atoms with Crippen LogP contribution in [0.25, 0.3) is 0 Å². The molecule has 104 valence electrons. The number of methoxy groups -OCH3 is 1. The van der Waals surface area contributed by atoms with Crippen molar-refractivity contribution in [3.05, 3.63) is 48.3 Å². The number of ether oxygens (including phenoxy) is 1. The highest BCUT2D eigenvalue weighted by Crippen LogP contribution is 2.28. The molecule has 0 saturated carbocycles. The minimum atomic E-state index is -0.146. The molecule has 2 aromatic rings. The van der Waals surface area contributed by atoms with Gasteiger partial charge in [-0.15, -0.1) is 0 Å². The number of benzene rings is 1. The zero-order valence-corrected chi connectivity index (χ0v) is 11.8. The third-order valence-electron chi connectivity index (χ3n) is 3.07. The number of nitrogens with zero attached hydrogens (tertiary/aromatic N) is 2. The highest BCUT2D eigenvalue weighted by atomic mass is 16.5. The highest BCUT2D eigenvalue weighted by molar-refractivity contribution is 6.09. The molecule has 2 rings (SSSR count). The number of nitrogens with one attached hydrogen (secondary N) is 1. The molecule has 1 aromatic heterocycles. The molecule has 0 aliphatic rings. The van der Waals surface area contributed by atoms with Gasteiger partial charge in [0.1, 0.15) is 5.75 Å². The van der Waals surface area contributed by atoms with Crippen LogP contribution < -0.4 is 15.0 Å². The van der Waals surface area contributed by atoms with Crippen molar-refractivity contribution < 1.29 is 9.53 Å². The summed E-state index contributed by atoms with van der Waals surface area (Å²) in [5.41, 5.74) is 1.97. The van der Waals surface area contributed by atoms with Gasteiger partial charge in [0.2, 0.25) is 0 Å². The molecule has 1 aromatic carbocycles. The molecule has 0 spiro atoms. The Morgan fingerprint density at radius 2 is 2.05 bits per heavy atom. The first-order chi connectivity index (χ1) is 9.69. The number of hydrogen-bond acceptors (Lipinski definition) is 4. The van der Waals surface area contributed by atoms with Gasteiger partial charge in [0.05, 0.1) is 18.4 Å². The van der Waals surface area contributed by atoms with E-state index in [2.05, 4.69) is 10.3 Å². The molecule has 1 amide bonds. The van der Waals surface area contributed by atoms with E-state index in [1.165, 1.54) is 0 Å². The third-order valence-corrected chi connectivity index (χ3v) is 3.07. The van der Waals surface area contributed by atoms with Crippen LogP contribution in [0.5, 0.6) is 5.75 Å². The van der Waals surface area contributed by atoms with Crippen molar-refractivity contribution >= 4 is 17.3 Å². The molecule has 0 bridgehead atoms. The standard InChI is InChI=1S/C15H17N3O2/c1-16-12-8-9-17-10-11(12)15(19)18(2)13-6-4-5-7-14(13)20-3/h4-10H,1-3H3,(H,16,17). The Kier molecular flexibility index (Phi) is 4.20. The Balaban J connectivity index is 2.38. The molecule has 5 heteroatoms. The smallest absolute Gasteiger partial charge is 0.261 e. The average Bonchev–Trinajstić information content (AvgIpc) is 2.53. The number of anilines is 2. The monoisotopic (exact) mass is 271 g/mol. The van der Waals surface area contributed by atoms with Gasteiger partial charge in [-0.3, -0.25) is 9.78 Å². The number of carbonyl (C=O) groups is 1. The third kappa shape index (κ3) is 2.56. The Labute approximate surface area is 118 Å². The van der Waals surface area contributed by atoms with E-state index >= 15 is 0 Å². The topological polar surface area (TPSA) is 54.5 Å². The number of carbonyl (C=O) groups excluding carboxylic acids is 1. The number of pyridine rings is 1. The first kappa shape index (κ1) is 13.9. The van der Waals surface area contributed by atoms with E-state index in [1.54, 1.807) is 44.6 Å². The SMILES string of the molecule is CNc1ccncc1C(=O)N(C)c1ccccc1OC. The lowest BCUT2D eigenvalue weighted by molar-refractivity contribution is 0.0993. The van der Waals surface area contributed by atoms with Gasteiger partial charge in [0.25, 0.3) is 5.91 Å². The Bertz CT molecular complexity index is 614. The zero-order valence-electron chi connectivity index (χ0n) is 11.8. The van der Waals surface area contributed by atoms with Crippen molar-refractivity contribution in [2.75, 3.05) is 31.4 Å². The second-order valence-electron chi connectivity index (χ2n) is 4.21. The van der Waals surface area contributed by atoms with Crippen LogP contribution in [0.4, 0.5) is 11.4 Å². The summed E-state index contributed by atoms with van der Waals surface area (Å²) in [5, 5.41) is 2.99. The fourth-order valence-corrected chi connectivity index (χ4v) is 1.98. The van der Waals surface area contributed by atoms with Gasteiger partial charge >= 0.3 is 0 Å². The summed E-state index contributed by atoms with van der Waals surface area (Å²) >= 11 is 0. The van der Waals surface area contributed by atoms with Crippen molar-refractivity contribution in [3.8, 4) is 5.75 Å². The minimum absolute atomic E-state index is 0.146. The van der Waals surface area contributed by atoms with Crippen LogP contribution >= 0.6 is 0 Å². The highest BCUT2D eigenvalue weighted by Gasteiger charge is 2.19. The van der Waals surface area contributed by atoms with E-state index in [-0.39, 0.29) is 5.91 Å². The van der Waals surface area contributed by atoms with Crippen molar-refractivity contribution in [3.63, 3.8) is 0 Å². The van der Waals surface area contributed by atoms with Crippen LogP contribution in [0.3, 0.4) is 0 Å². The van der Waals surface area contributed by atoms with Crippen LogP contribution in [0, 0.1) is 0 Å². The average molecular weight is 271 g/mol. The molecular formula is C15H17N3O2. The number of rotatable bonds is 4. The quantitative estimate of drug-likeness (QED) is 0.927. The lowest BCUT2D eigenvalue weighted by atomic mass is 10.2. The number of amides is 1. The summed E-state index contributed by atoms with van der Waals surface area (Å²) < 4.78 is 5.28. The van der Waals surface area contributed by atoms with Crippen molar-refractivity contribution in [1.82, 2.24) is 4.98 Å². The van der Waals surface area contributed by atoms with E-state index in [9.17, 15) is 4.79 Å². The van der Waals surface area contributed by atoms with E-state index in [4.69, 9.17) is 4.74 Å². The molecule has 0 aliphatic carbocycles. The molecular weight excluding hydrogens is 254 g/mol. The maximum absolute atomic E-state index is 12.6. The van der Waals surface area contributed by atoms with Crippen molar-refractivity contribution in [1.29, 1.82) is 0 Å². The first-order valence-electron chi connectivity index (χ1n) is 6.22. The molecule has 0 saturated heterocycles. The van der Waals surface area contributed by atoms with E-state index in [1.807, 2.05) is 24.3 Å². The summed E-state index contributed by atoms with van der Waals surface area (Å²) in [7, 11) is 5.07. The minimum Gasteiger partial charge on any atom is -0.495 e. The Morgan fingerprint density at radius 1 is 1.30 bits per heavy atom. The summed E-state index contributed by atoms with van der Waals surface area (Å²) in [6.45, 7) is 0. The van der Waals surface area contributed by atoms with Gasteiger partial charge < -0.3 is 15.0 Å². The lowest BCUT2D eigenvalue weighted by Crippen LogP contribution is -2.27. The summed E-state index contributed by atoms with van der Waals surface area (Å²) in [4.78, 5) is 18.1. The predicted molar refractivity (Wildman–Crippen MR) is 79.5 cm³/mol. The van der Waals surface area contributed by atoms with E-state index in [0.29, 0.717) is 17.0 Å². The second kappa shape index (κ2) is 6.06. The first-order valence-corrected chi connectivity index (χ1v) is 6.22. The largest absolute Gasteiger partial charge is 0.495 e. The summed E-state index contributed by atoms with van der Waals surface area (Å²) in [5.74, 6) is 0.505. The lowest BCUT2D eigenvalue weighted by Gasteiger charge is -2.20. The maximum Gasteiger partial charge on any atom is 0.261 e. The molecule has 0 unspecified atom stereocenters. The number of aromatic nitrogens is 1. The van der Waals surface area contributed by atoms with Crippen LogP contribution in [0.15, 0.2) is 42.7 Å². The zero-order chi connectivity index (χ0) is 14.5. The summed E-state index contributed by atoms with van der Waals surface area (Å²) in [6, 6.07) is 9.16. The molecule has 0 fully saturated rings. The van der Waals surface area contributed by atoms with Crippen LogP contribution in [0.1, 0.15) is 10.4 Å². The van der Waals surface area contributed by atoms with Gasteiger partial charge in [-0.1, -0.05) is 12.1 Å². The van der Waals surface area contributed by atoms with Gasteiger partial charge in [-0.25, -0.2) is 0 Å².